The summed E-state index contributed by atoms with van der Waals surface area (Å²) in [6.07, 6.45) is 77.0. The molecule has 0 aliphatic rings. The molecule has 66 heavy (non-hydrogen) atoms. The topological polar surface area (TPSA) is 58.2 Å². The molecule has 0 radical (unpaired) electrons. The Morgan fingerprint density at radius 1 is 0.197 bits per heavy atom. The van der Waals surface area contributed by atoms with Crippen LogP contribution in [0.4, 0.5) is 0 Å². The molecule has 4 nitrogen and oxygen atoms in total. The van der Waals surface area contributed by atoms with E-state index in [0.717, 1.165) is 25.7 Å². The van der Waals surface area contributed by atoms with Gasteiger partial charge in [0, 0.05) is 25.9 Å². The van der Waals surface area contributed by atoms with Crippen LogP contribution >= 0.6 is 0 Å². The van der Waals surface area contributed by atoms with Gasteiger partial charge in [-0.15, -0.1) is 0 Å². The summed E-state index contributed by atoms with van der Waals surface area (Å²) in [5.74, 6) is 0.267. The van der Waals surface area contributed by atoms with Crippen molar-refractivity contribution in [2.45, 2.75) is 373 Å². The Labute approximate surface area is 416 Å². The molecule has 2 amide bonds. The van der Waals surface area contributed by atoms with Crippen LogP contribution in [0.3, 0.4) is 0 Å². The lowest BCUT2D eigenvalue weighted by molar-refractivity contribution is -0.123. The van der Waals surface area contributed by atoms with Gasteiger partial charge in [-0.1, -0.05) is 348 Å². The highest BCUT2D eigenvalue weighted by Crippen LogP contribution is 2.19. The van der Waals surface area contributed by atoms with Crippen LogP contribution in [0.15, 0.2) is 0 Å². The number of rotatable bonds is 59. The van der Waals surface area contributed by atoms with Crippen molar-refractivity contribution in [2.24, 2.45) is 0 Å². The highest BCUT2D eigenvalue weighted by atomic mass is 16.2. The van der Waals surface area contributed by atoms with E-state index in [1.54, 1.807) is 0 Å². The van der Waals surface area contributed by atoms with Gasteiger partial charge < -0.3 is 10.6 Å². The third-order valence-corrected chi connectivity index (χ3v) is 14.8. The molecular formula is C62H124N2O2. The van der Waals surface area contributed by atoms with E-state index in [2.05, 4.69) is 24.5 Å². The standard InChI is InChI=1S/C62H124N2O2/c1-3-5-7-9-11-13-15-17-19-21-23-25-27-29-31-33-35-37-39-41-43-45-47-49-51-53-55-57-61(65)63-59-60-64-62(66)58-56-54-52-50-48-46-44-42-40-38-36-34-32-30-28-26-24-22-20-18-16-14-12-10-8-6-4-2/h3-60H2,1-2H3,(H,63,65)(H,64,66). The number of hydrogen-bond acceptors (Lipinski definition) is 2. The summed E-state index contributed by atoms with van der Waals surface area (Å²) in [6.45, 7) is 5.70. The molecule has 0 aromatic carbocycles. The van der Waals surface area contributed by atoms with E-state index < -0.39 is 0 Å². The second-order valence-electron chi connectivity index (χ2n) is 21.6. The lowest BCUT2D eigenvalue weighted by Gasteiger charge is -2.07. The Morgan fingerprint density at radius 3 is 0.455 bits per heavy atom. The number of hydrogen-bond donors (Lipinski definition) is 2. The van der Waals surface area contributed by atoms with Gasteiger partial charge in [0.25, 0.3) is 0 Å². The van der Waals surface area contributed by atoms with Crippen LogP contribution in [0.2, 0.25) is 0 Å². The zero-order chi connectivity index (χ0) is 47.6. The highest BCUT2D eigenvalue weighted by Gasteiger charge is 2.04. The lowest BCUT2D eigenvalue weighted by Crippen LogP contribution is -2.34. The summed E-state index contributed by atoms with van der Waals surface area (Å²) in [6, 6.07) is 0. The summed E-state index contributed by atoms with van der Waals surface area (Å²) in [5.41, 5.74) is 0. The third-order valence-electron chi connectivity index (χ3n) is 14.8. The van der Waals surface area contributed by atoms with Crippen LogP contribution in [0.1, 0.15) is 373 Å². The van der Waals surface area contributed by atoms with E-state index in [-0.39, 0.29) is 11.8 Å². The maximum atomic E-state index is 12.2. The summed E-state index contributed by atoms with van der Waals surface area (Å²) >= 11 is 0. The Hall–Kier alpha value is -1.06. The van der Waals surface area contributed by atoms with Crippen molar-refractivity contribution >= 4 is 11.8 Å². The fraction of sp³-hybridized carbons (Fsp3) is 0.968. The van der Waals surface area contributed by atoms with E-state index in [4.69, 9.17) is 0 Å². The summed E-state index contributed by atoms with van der Waals surface area (Å²) in [5, 5.41) is 5.98. The van der Waals surface area contributed by atoms with Crippen LogP contribution in [-0.4, -0.2) is 24.9 Å². The average molecular weight is 930 g/mol. The Bertz CT molecular complexity index is 834. The first-order valence-electron chi connectivity index (χ1n) is 31.2. The van der Waals surface area contributed by atoms with Gasteiger partial charge in [0.2, 0.25) is 11.8 Å². The van der Waals surface area contributed by atoms with E-state index in [1.165, 1.54) is 321 Å². The minimum Gasteiger partial charge on any atom is -0.354 e. The van der Waals surface area contributed by atoms with Crippen LogP contribution in [0.25, 0.3) is 0 Å². The minimum absolute atomic E-state index is 0.134. The van der Waals surface area contributed by atoms with Gasteiger partial charge in [-0.25, -0.2) is 0 Å². The molecule has 0 bridgehead atoms. The van der Waals surface area contributed by atoms with Crippen LogP contribution in [0.5, 0.6) is 0 Å². The number of nitrogens with one attached hydrogen (secondary N) is 2. The molecule has 0 aromatic rings. The normalized spacial score (nSPS) is 11.5. The Morgan fingerprint density at radius 2 is 0.318 bits per heavy atom. The van der Waals surface area contributed by atoms with Gasteiger partial charge in [-0.05, 0) is 12.8 Å². The molecule has 0 saturated heterocycles. The molecule has 394 valence electrons. The monoisotopic (exact) mass is 929 g/mol. The van der Waals surface area contributed by atoms with Crippen molar-refractivity contribution in [2.75, 3.05) is 13.1 Å². The Kier molecular flexibility index (Phi) is 59.1. The van der Waals surface area contributed by atoms with Crippen molar-refractivity contribution in [3.8, 4) is 0 Å². The summed E-state index contributed by atoms with van der Waals surface area (Å²) in [7, 11) is 0. The van der Waals surface area contributed by atoms with Crippen molar-refractivity contribution in [3.63, 3.8) is 0 Å². The molecule has 0 unspecified atom stereocenters. The minimum atomic E-state index is 0.134. The van der Waals surface area contributed by atoms with Gasteiger partial charge in [-0.3, -0.25) is 9.59 Å². The second kappa shape index (κ2) is 60.1. The predicted octanol–water partition coefficient (Wildman–Crippen LogP) is 21.1. The zero-order valence-electron chi connectivity index (χ0n) is 45.8. The van der Waals surface area contributed by atoms with E-state index in [1.807, 2.05) is 0 Å². The summed E-state index contributed by atoms with van der Waals surface area (Å²) < 4.78 is 0. The SMILES string of the molecule is CCCCCCCCCCCCCCCCCCCCCCCCCCCCCC(=O)NCCNC(=O)CCCCCCCCCCCCCCCCCCCCCCCCCCCCC. The largest absolute Gasteiger partial charge is 0.354 e. The van der Waals surface area contributed by atoms with E-state index in [9.17, 15) is 9.59 Å². The van der Waals surface area contributed by atoms with Crippen molar-refractivity contribution in [1.29, 1.82) is 0 Å². The molecule has 2 N–H and O–H groups in total. The van der Waals surface area contributed by atoms with E-state index in [0.29, 0.717) is 25.9 Å². The average Bonchev–Trinajstić information content (AvgIpc) is 3.32. The number of carbonyl (C=O) groups excluding carboxylic acids is 2. The number of amides is 2. The van der Waals surface area contributed by atoms with Crippen LogP contribution in [-0.2, 0) is 9.59 Å². The molecule has 0 spiro atoms. The van der Waals surface area contributed by atoms with Gasteiger partial charge in [-0.2, -0.15) is 0 Å². The van der Waals surface area contributed by atoms with Gasteiger partial charge in [0.1, 0.15) is 0 Å². The number of unbranched alkanes of at least 4 members (excludes halogenated alkanes) is 52. The first kappa shape index (κ1) is 64.9. The van der Waals surface area contributed by atoms with Gasteiger partial charge in [0.05, 0.1) is 0 Å². The van der Waals surface area contributed by atoms with Crippen LogP contribution < -0.4 is 10.6 Å². The third kappa shape index (κ3) is 59.1. The van der Waals surface area contributed by atoms with E-state index >= 15 is 0 Å². The fourth-order valence-corrected chi connectivity index (χ4v) is 10.1. The van der Waals surface area contributed by atoms with Gasteiger partial charge in [0.15, 0.2) is 0 Å². The first-order valence-corrected chi connectivity index (χ1v) is 31.2. The first-order chi connectivity index (χ1) is 32.7. The fourth-order valence-electron chi connectivity index (χ4n) is 10.1. The summed E-state index contributed by atoms with van der Waals surface area (Å²) in [4.78, 5) is 24.4. The highest BCUT2D eigenvalue weighted by molar-refractivity contribution is 5.77. The molecule has 0 atom stereocenters. The molecule has 0 aliphatic heterocycles. The molecule has 0 saturated carbocycles. The molecule has 0 heterocycles. The molecule has 0 aliphatic carbocycles. The van der Waals surface area contributed by atoms with Crippen molar-refractivity contribution < 1.29 is 9.59 Å². The lowest BCUT2D eigenvalue weighted by atomic mass is 10.0. The molecule has 0 fully saturated rings. The number of carbonyl (C=O) groups is 2. The molecule has 0 aromatic heterocycles. The van der Waals surface area contributed by atoms with Gasteiger partial charge >= 0.3 is 0 Å². The zero-order valence-corrected chi connectivity index (χ0v) is 45.8. The van der Waals surface area contributed by atoms with Crippen molar-refractivity contribution in [1.82, 2.24) is 10.6 Å². The predicted molar refractivity (Wildman–Crippen MR) is 296 cm³/mol. The Balaban J connectivity index is 3.22. The van der Waals surface area contributed by atoms with Crippen molar-refractivity contribution in [3.05, 3.63) is 0 Å². The molecule has 0 rings (SSSR count). The maximum Gasteiger partial charge on any atom is 0.220 e. The smallest absolute Gasteiger partial charge is 0.220 e. The molecule has 4 heteroatoms. The molecular weight excluding hydrogens is 805 g/mol. The maximum absolute atomic E-state index is 12.2. The van der Waals surface area contributed by atoms with Crippen LogP contribution in [0, 0.1) is 0 Å². The second-order valence-corrected chi connectivity index (χ2v) is 21.6. The quantitative estimate of drug-likeness (QED) is 0.0597.